The van der Waals surface area contributed by atoms with Gasteiger partial charge in [-0.05, 0) is 29.7 Å². The molecule has 0 saturated heterocycles. The van der Waals surface area contributed by atoms with Crippen molar-refractivity contribution in [1.29, 1.82) is 0 Å². The zero-order valence-electron chi connectivity index (χ0n) is 21.3. The van der Waals surface area contributed by atoms with Gasteiger partial charge in [0.2, 0.25) is 21.8 Å². The van der Waals surface area contributed by atoms with E-state index < -0.39 is 27.7 Å². The largest absolute Gasteiger partial charge is 0.357 e. The van der Waals surface area contributed by atoms with E-state index in [1.165, 1.54) is 18.0 Å². The third-order valence-corrected chi connectivity index (χ3v) is 7.25. The molecule has 2 amide bonds. The molecule has 1 N–H and O–H groups in total. The van der Waals surface area contributed by atoms with Gasteiger partial charge in [0.05, 0.1) is 11.9 Å². The summed E-state index contributed by atoms with van der Waals surface area (Å²) in [6.07, 6.45) is 1.29. The number of nitrogens with zero attached hydrogens (tertiary/aromatic N) is 2. The van der Waals surface area contributed by atoms with Crippen LogP contribution in [-0.4, -0.2) is 51.0 Å². The number of carbonyl (C=O) groups excluding carboxylic acids is 2. The normalized spacial score (nSPS) is 12.0. The van der Waals surface area contributed by atoms with Gasteiger partial charge in [0.25, 0.3) is 0 Å². The Balaban J connectivity index is 1.83. The van der Waals surface area contributed by atoms with E-state index in [2.05, 4.69) is 5.32 Å². The Morgan fingerprint density at radius 1 is 0.895 bits per heavy atom. The van der Waals surface area contributed by atoms with Crippen molar-refractivity contribution < 1.29 is 26.8 Å². The number of nitrogens with one attached hydrogen (secondary N) is 1. The fourth-order valence-corrected chi connectivity index (χ4v) is 5.10. The van der Waals surface area contributed by atoms with Crippen LogP contribution in [-0.2, 0) is 32.6 Å². The molecule has 7 nitrogen and oxygen atoms in total. The lowest BCUT2D eigenvalue weighted by atomic mass is 10.0. The average Bonchev–Trinajstić information content (AvgIpc) is 2.90. The van der Waals surface area contributed by atoms with E-state index in [4.69, 9.17) is 0 Å². The van der Waals surface area contributed by atoms with E-state index in [1.54, 1.807) is 0 Å². The molecule has 3 rings (SSSR count). The van der Waals surface area contributed by atoms with Crippen LogP contribution in [0.2, 0.25) is 0 Å². The highest BCUT2D eigenvalue weighted by Crippen LogP contribution is 2.22. The van der Waals surface area contributed by atoms with Gasteiger partial charge in [-0.2, -0.15) is 0 Å². The van der Waals surface area contributed by atoms with E-state index >= 15 is 0 Å². The molecule has 3 aromatic carbocycles. The molecular weight excluding hydrogens is 512 g/mol. The second kappa shape index (κ2) is 13.1. The van der Waals surface area contributed by atoms with Crippen molar-refractivity contribution in [2.24, 2.45) is 0 Å². The molecular formula is C28H31F2N3O4S. The van der Waals surface area contributed by atoms with Crippen LogP contribution in [0.25, 0.3) is 0 Å². The Morgan fingerprint density at radius 2 is 1.50 bits per heavy atom. The number of anilines is 1. The highest BCUT2D eigenvalue weighted by molar-refractivity contribution is 7.92. The van der Waals surface area contributed by atoms with E-state index in [-0.39, 0.29) is 43.4 Å². The minimum atomic E-state index is -3.83. The molecule has 10 heteroatoms. The Labute approximate surface area is 222 Å². The molecule has 0 aliphatic rings. The molecule has 0 radical (unpaired) electrons. The maximum Gasteiger partial charge on any atom is 0.242 e. The minimum Gasteiger partial charge on any atom is -0.357 e. The van der Waals surface area contributed by atoms with Gasteiger partial charge in [0.15, 0.2) is 11.6 Å². The van der Waals surface area contributed by atoms with Crippen LogP contribution in [0.4, 0.5) is 14.5 Å². The molecule has 202 valence electrons. The monoisotopic (exact) mass is 543 g/mol. The van der Waals surface area contributed by atoms with Crippen molar-refractivity contribution in [1.82, 2.24) is 10.2 Å². The Bertz CT molecular complexity index is 1340. The molecule has 0 unspecified atom stereocenters. The summed E-state index contributed by atoms with van der Waals surface area (Å²) in [4.78, 5) is 28.0. The van der Waals surface area contributed by atoms with Gasteiger partial charge in [0, 0.05) is 39.0 Å². The van der Waals surface area contributed by atoms with Crippen LogP contribution in [0.1, 0.15) is 24.0 Å². The second-order valence-electron chi connectivity index (χ2n) is 8.86. The van der Waals surface area contributed by atoms with Gasteiger partial charge in [0.1, 0.15) is 6.04 Å². The number of hydrogen-bond donors (Lipinski definition) is 1. The first kappa shape index (κ1) is 28.8. The Kier molecular flexibility index (Phi) is 9.95. The summed E-state index contributed by atoms with van der Waals surface area (Å²) in [5.74, 6) is -2.92. The van der Waals surface area contributed by atoms with Gasteiger partial charge in [-0.25, -0.2) is 17.2 Å². The van der Waals surface area contributed by atoms with E-state index in [0.717, 1.165) is 33.8 Å². The molecule has 0 fully saturated rings. The summed E-state index contributed by atoms with van der Waals surface area (Å²) < 4.78 is 52.9. The van der Waals surface area contributed by atoms with Crippen molar-refractivity contribution in [2.75, 3.05) is 24.2 Å². The molecule has 38 heavy (non-hydrogen) atoms. The predicted molar refractivity (Wildman–Crippen MR) is 143 cm³/mol. The number of carbonyl (C=O) groups is 2. The van der Waals surface area contributed by atoms with Crippen molar-refractivity contribution in [3.05, 3.63) is 102 Å². The molecule has 0 spiro atoms. The van der Waals surface area contributed by atoms with Gasteiger partial charge in [-0.1, -0.05) is 60.7 Å². The van der Waals surface area contributed by atoms with Crippen LogP contribution in [0.15, 0.2) is 78.9 Å². The predicted octanol–water partition coefficient (Wildman–Crippen LogP) is 3.90. The highest BCUT2D eigenvalue weighted by Gasteiger charge is 2.30. The Hall–Kier alpha value is -3.79. The molecule has 0 aliphatic heterocycles. The summed E-state index contributed by atoms with van der Waals surface area (Å²) in [6, 6.07) is 20.6. The standard InChI is InChI=1S/C28H31F2N3O4S/c1-31-28(35)26(18-21-10-5-3-6-11-21)32(20-22-12-7-4-8-13-22)27(34)14-9-17-33(38(2,36)37)23-15-16-24(29)25(30)19-23/h3-8,10-13,15-16,19,26H,9,14,17-18,20H2,1-2H3,(H,31,35)/t26-/m0/s1. The number of hydrogen-bond acceptors (Lipinski definition) is 4. The second-order valence-corrected chi connectivity index (χ2v) is 10.8. The molecule has 0 heterocycles. The van der Waals surface area contributed by atoms with Crippen molar-refractivity contribution in [3.8, 4) is 0 Å². The van der Waals surface area contributed by atoms with Crippen molar-refractivity contribution >= 4 is 27.5 Å². The van der Waals surface area contributed by atoms with Gasteiger partial charge in [-0.15, -0.1) is 0 Å². The number of benzene rings is 3. The van der Waals surface area contributed by atoms with Crippen LogP contribution < -0.4 is 9.62 Å². The first-order chi connectivity index (χ1) is 18.1. The van der Waals surface area contributed by atoms with Crippen LogP contribution in [0.5, 0.6) is 0 Å². The zero-order valence-corrected chi connectivity index (χ0v) is 22.1. The van der Waals surface area contributed by atoms with Gasteiger partial charge >= 0.3 is 0 Å². The quantitative estimate of drug-likeness (QED) is 0.376. The SMILES string of the molecule is CNC(=O)[C@H](Cc1ccccc1)N(Cc1ccccc1)C(=O)CCCN(c1ccc(F)c(F)c1)S(C)(=O)=O. The number of halogens is 2. The average molecular weight is 544 g/mol. The smallest absolute Gasteiger partial charge is 0.242 e. The van der Waals surface area contributed by atoms with Crippen molar-refractivity contribution in [3.63, 3.8) is 0 Å². The third kappa shape index (κ3) is 7.85. The number of likely N-dealkylation sites (N-methyl/N-ethyl adjacent to an activating group) is 1. The fraction of sp³-hybridized carbons (Fsp3) is 0.286. The molecule has 0 aromatic heterocycles. The minimum absolute atomic E-state index is 0.0349. The lowest BCUT2D eigenvalue weighted by Crippen LogP contribution is -2.49. The summed E-state index contributed by atoms with van der Waals surface area (Å²) >= 11 is 0. The van der Waals surface area contributed by atoms with E-state index in [1.807, 2.05) is 60.7 Å². The van der Waals surface area contributed by atoms with E-state index in [0.29, 0.717) is 6.42 Å². The number of sulfonamides is 1. The van der Waals surface area contributed by atoms with Gasteiger partial charge < -0.3 is 10.2 Å². The maximum absolute atomic E-state index is 13.8. The summed E-state index contributed by atoms with van der Waals surface area (Å²) in [5.41, 5.74) is 1.68. The van der Waals surface area contributed by atoms with Crippen LogP contribution >= 0.6 is 0 Å². The van der Waals surface area contributed by atoms with Gasteiger partial charge in [-0.3, -0.25) is 13.9 Å². The molecule has 3 aromatic rings. The molecule has 1 atom stereocenters. The first-order valence-corrected chi connectivity index (χ1v) is 14.0. The van der Waals surface area contributed by atoms with Crippen molar-refractivity contribution in [2.45, 2.75) is 31.8 Å². The molecule has 0 saturated carbocycles. The topological polar surface area (TPSA) is 86.8 Å². The number of amides is 2. The molecule has 0 bridgehead atoms. The highest BCUT2D eigenvalue weighted by atomic mass is 32.2. The zero-order chi connectivity index (χ0) is 27.7. The summed E-state index contributed by atoms with van der Waals surface area (Å²) in [7, 11) is -2.32. The van der Waals surface area contributed by atoms with Crippen LogP contribution in [0, 0.1) is 11.6 Å². The third-order valence-electron chi connectivity index (χ3n) is 6.06. The maximum atomic E-state index is 13.8. The fourth-order valence-electron chi connectivity index (χ4n) is 4.14. The first-order valence-electron chi connectivity index (χ1n) is 12.1. The van der Waals surface area contributed by atoms with E-state index in [9.17, 15) is 26.8 Å². The lowest BCUT2D eigenvalue weighted by molar-refractivity contribution is -0.141. The lowest BCUT2D eigenvalue weighted by Gasteiger charge is -2.31. The Morgan fingerprint density at radius 3 is 2.05 bits per heavy atom. The summed E-state index contributed by atoms with van der Waals surface area (Å²) in [6.45, 7) is 0.0572. The number of rotatable bonds is 12. The summed E-state index contributed by atoms with van der Waals surface area (Å²) in [5, 5.41) is 2.65. The van der Waals surface area contributed by atoms with Crippen LogP contribution in [0.3, 0.4) is 0 Å². The molecule has 0 aliphatic carbocycles.